The van der Waals surface area contributed by atoms with Gasteiger partial charge in [0.05, 0.1) is 0 Å². The monoisotopic (exact) mass is 338 g/mol. The summed E-state index contributed by atoms with van der Waals surface area (Å²) in [6.07, 6.45) is 1.74. The summed E-state index contributed by atoms with van der Waals surface area (Å²) in [7, 11) is 0. The van der Waals surface area contributed by atoms with Gasteiger partial charge in [0.2, 0.25) is 0 Å². The molecule has 21 heavy (non-hydrogen) atoms. The lowest BCUT2D eigenvalue weighted by molar-refractivity contribution is 0.103. The lowest BCUT2D eigenvalue weighted by Crippen LogP contribution is -2.12. The molecule has 2 aromatic carbocycles. The van der Waals surface area contributed by atoms with Gasteiger partial charge in [0.25, 0.3) is 0 Å². The Morgan fingerprint density at radius 2 is 1.95 bits per heavy atom. The third-order valence-corrected chi connectivity index (χ3v) is 4.84. The zero-order valence-electron chi connectivity index (χ0n) is 10.7. The van der Waals surface area contributed by atoms with Gasteiger partial charge in [-0.15, -0.1) is 11.8 Å². The van der Waals surface area contributed by atoms with Crippen molar-refractivity contribution < 1.29 is 9.18 Å². The molecule has 2 aromatic rings. The first kappa shape index (κ1) is 14.6. The van der Waals surface area contributed by atoms with Crippen LogP contribution in [0.1, 0.15) is 15.9 Å². The van der Waals surface area contributed by atoms with E-state index in [9.17, 15) is 9.18 Å². The van der Waals surface area contributed by atoms with E-state index in [4.69, 9.17) is 23.2 Å². The van der Waals surface area contributed by atoms with E-state index in [1.807, 2.05) is 0 Å². The number of carbonyl (C=O) groups excluding carboxylic acids is 1. The number of benzene rings is 2. The Morgan fingerprint density at radius 1 is 1.14 bits per heavy atom. The van der Waals surface area contributed by atoms with E-state index in [0.717, 1.165) is 10.5 Å². The highest BCUT2D eigenvalue weighted by Crippen LogP contribution is 2.34. The second-order valence-corrected chi connectivity index (χ2v) is 6.45. The summed E-state index contributed by atoms with van der Waals surface area (Å²) < 4.78 is 13.3. The first-order chi connectivity index (χ1) is 10.0. The molecule has 0 unspecified atom stereocenters. The number of hydrogen-bond donors (Lipinski definition) is 0. The van der Waals surface area contributed by atoms with Gasteiger partial charge < -0.3 is 0 Å². The normalized spacial score (nSPS) is 16.1. The summed E-state index contributed by atoms with van der Waals surface area (Å²) in [6, 6.07) is 9.39. The van der Waals surface area contributed by atoms with Crippen LogP contribution < -0.4 is 0 Å². The van der Waals surface area contributed by atoms with Crippen molar-refractivity contribution in [2.75, 3.05) is 5.75 Å². The molecule has 0 N–H and O–H groups in total. The summed E-state index contributed by atoms with van der Waals surface area (Å²) in [4.78, 5) is 13.2. The van der Waals surface area contributed by atoms with Crippen LogP contribution in [0.3, 0.4) is 0 Å². The molecule has 0 spiro atoms. The first-order valence-electron chi connectivity index (χ1n) is 6.17. The number of ketones is 1. The molecular weight excluding hydrogens is 330 g/mol. The largest absolute Gasteiger partial charge is 0.289 e. The van der Waals surface area contributed by atoms with E-state index in [2.05, 4.69) is 0 Å². The zero-order valence-corrected chi connectivity index (χ0v) is 13.0. The van der Waals surface area contributed by atoms with Crippen LogP contribution in [0.25, 0.3) is 6.08 Å². The van der Waals surface area contributed by atoms with Gasteiger partial charge in [0.15, 0.2) is 5.78 Å². The predicted molar refractivity (Wildman–Crippen MR) is 85.9 cm³/mol. The summed E-state index contributed by atoms with van der Waals surface area (Å²) in [5, 5.41) is 1.02. The van der Waals surface area contributed by atoms with Crippen molar-refractivity contribution in [3.8, 4) is 0 Å². The second-order valence-electron chi connectivity index (χ2n) is 4.59. The van der Waals surface area contributed by atoms with Crippen molar-refractivity contribution >= 4 is 46.8 Å². The molecule has 0 aliphatic carbocycles. The lowest BCUT2D eigenvalue weighted by Gasteiger charge is -2.17. The summed E-state index contributed by atoms with van der Waals surface area (Å²) in [5.74, 6) is -0.0288. The Hall–Kier alpha value is -1.29. The van der Waals surface area contributed by atoms with Crippen molar-refractivity contribution in [2.24, 2.45) is 0 Å². The Bertz CT molecular complexity index is 771. The molecule has 0 saturated heterocycles. The van der Waals surface area contributed by atoms with Crippen molar-refractivity contribution in [2.45, 2.75) is 4.90 Å². The van der Waals surface area contributed by atoms with Crippen molar-refractivity contribution in [3.63, 3.8) is 0 Å². The van der Waals surface area contributed by atoms with E-state index < -0.39 is 5.82 Å². The van der Waals surface area contributed by atoms with Crippen LogP contribution >= 0.6 is 35.0 Å². The molecular formula is C16H9Cl2FOS. The van der Waals surface area contributed by atoms with Gasteiger partial charge in [0.1, 0.15) is 5.82 Å². The van der Waals surface area contributed by atoms with Gasteiger partial charge in [-0.1, -0.05) is 29.3 Å². The molecule has 1 aliphatic rings. The maximum absolute atomic E-state index is 13.3. The first-order valence-corrected chi connectivity index (χ1v) is 7.91. The fourth-order valence-corrected chi connectivity index (χ4v) is 3.57. The summed E-state index contributed by atoms with van der Waals surface area (Å²) >= 11 is 13.5. The number of thioether (sulfide) groups is 1. The molecule has 106 valence electrons. The van der Waals surface area contributed by atoms with Crippen LogP contribution in [-0.4, -0.2) is 11.5 Å². The Labute approximate surface area is 135 Å². The smallest absolute Gasteiger partial charge is 0.191 e. The summed E-state index contributed by atoms with van der Waals surface area (Å²) in [6.45, 7) is 0. The molecule has 1 aliphatic heterocycles. The van der Waals surface area contributed by atoms with Crippen LogP contribution in [0.5, 0.6) is 0 Å². The van der Waals surface area contributed by atoms with Crippen LogP contribution in [0, 0.1) is 5.82 Å². The van der Waals surface area contributed by atoms with Crippen molar-refractivity contribution in [1.29, 1.82) is 0 Å². The third-order valence-electron chi connectivity index (χ3n) is 3.15. The molecule has 1 heterocycles. The van der Waals surface area contributed by atoms with E-state index in [0.29, 0.717) is 26.9 Å². The number of fused-ring (bicyclic) bond motifs is 1. The lowest BCUT2D eigenvalue weighted by atomic mass is 10.0. The average Bonchev–Trinajstić information content (AvgIpc) is 2.45. The van der Waals surface area contributed by atoms with Crippen molar-refractivity contribution in [1.82, 2.24) is 0 Å². The zero-order chi connectivity index (χ0) is 15.0. The number of carbonyl (C=O) groups is 1. The number of halogens is 3. The van der Waals surface area contributed by atoms with Crippen LogP contribution in [0.15, 0.2) is 46.9 Å². The van der Waals surface area contributed by atoms with Gasteiger partial charge >= 0.3 is 0 Å². The highest BCUT2D eigenvalue weighted by Gasteiger charge is 2.23. The Kier molecular flexibility index (Phi) is 4.07. The van der Waals surface area contributed by atoms with E-state index in [1.165, 1.54) is 23.9 Å². The molecule has 0 radical (unpaired) electrons. The molecule has 3 rings (SSSR count). The maximum atomic E-state index is 13.3. The van der Waals surface area contributed by atoms with Gasteiger partial charge in [-0.3, -0.25) is 4.79 Å². The minimum absolute atomic E-state index is 0.158. The number of hydrogen-bond acceptors (Lipinski definition) is 2. The highest BCUT2D eigenvalue weighted by atomic mass is 35.5. The summed E-state index contributed by atoms with van der Waals surface area (Å²) in [5.41, 5.74) is 1.73. The minimum Gasteiger partial charge on any atom is -0.289 e. The van der Waals surface area contributed by atoms with Crippen LogP contribution in [-0.2, 0) is 0 Å². The molecule has 0 saturated carbocycles. The van der Waals surface area contributed by atoms with Gasteiger partial charge in [-0.2, -0.15) is 0 Å². The van der Waals surface area contributed by atoms with Gasteiger partial charge in [-0.25, -0.2) is 4.39 Å². The standard InChI is InChI=1S/C16H9Cl2FOS/c17-11-2-1-9(14(18)6-11)5-10-8-21-15-4-3-12(19)7-13(15)16(10)20/h1-7H,8H2/b10-5+. The molecule has 5 heteroatoms. The Balaban J connectivity index is 2.01. The minimum atomic E-state index is -0.409. The topological polar surface area (TPSA) is 17.1 Å². The van der Waals surface area contributed by atoms with Crippen molar-refractivity contribution in [3.05, 3.63) is 69.0 Å². The molecule has 1 nitrogen and oxygen atoms in total. The molecule has 0 bridgehead atoms. The molecule has 0 atom stereocenters. The SMILES string of the molecule is O=C1/C(=C/c2ccc(Cl)cc2Cl)CSc2ccc(F)cc21. The quantitative estimate of drug-likeness (QED) is 0.638. The van der Waals surface area contributed by atoms with E-state index in [1.54, 1.807) is 30.3 Å². The molecule has 0 fully saturated rings. The molecule has 0 aromatic heterocycles. The van der Waals surface area contributed by atoms with Crippen LogP contribution in [0.2, 0.25) is 10.0 Å². The third kappa shape index (κ3) is 3.00. The van der Waals surface area contributed by atoms with Gasteiger partial charge in [0, 0.05) is 31.8 Å². The number of rotatable bonds is 1. The van der Waals surface area contributed by atoms with E-state index in [-0.39, 0.29) is 5.78 Å². The maximum Gasteiger partial charge on any atom is 0.191 e. The fraction of sp³-hybridized carbons (Fsp3) is 0.0625. The fourth-order valence-electron chi connectivity index (χ4n) is 2.11. The second kappa shape index (κ2) is 5.84. The van der Waals surface area contributed by atoms with Gasteiger partial charge in [-0.05, 0) is 42.0 Å². The Morgan fingerprint density at radius 3 is 2.71 bits per heavy atom. The molecule has 0 amide bonds. The van der Waals surface area contributed by atoms with E-state index >= 15 is 0 Å². The highest BCUT2D eigenvalue weighted by molar-refractivity contribution is 7.99. The van der Waals surface area contributed by atoms with Crippen LogP contribution in [0.4, 0.5) is 4.39 Å². The number of Topliss-reactive ketones (excluding diaryl/α,β-unsaturated/α-hetero) is 1. The predicted octanol–water partition coefficient (Wildman–Crippen LogP) is 5.50. The average molecular weight is 339 g/mol.